The van der Waals surface area contributed by atoms with Crippen LogP contribution in [0.25, 0.3) is 0 Å². The maximum atomic E-state index is 12.3. The van der Waals surface area contributed by atoms with Crippen molar-refractivity contribution in [2.24, 2.45) is 0 Å². The molecule has 17 heavy (non-hydrogen) atoms. The van der Waals surface area contributed by atoms with Gasteiger partial charge in [0.25, 0.3) is 5.91 Å². The standard InChI is InChI=1S/C13H12ClNO2/c1-2-13(14)11(16)9-5-3-4-8-6-7-15(10(8)9)12(13)17/h3-5H,2,6-7H2,1H3. The lowest BCUT2D eigenvalue weighted by Crippen LogP contribution is -2.53. The zero-order chi connectivity index (χ0) is 12.2. The van der Waals surface area contributed by atoms with Crippen LogP contribution in [0.1, 0.15) is 29.3 Å². The van der Waals surface area contributed by atoms with Crippen LogP contribution in [0, 0.1) is 0 Å². The summed E-state index contributed by atoms with van der Waals surface area (Å²) in [6.07, 6.45) is 1.13. The number of carbonyl (C=O) groups is 2. The van der Waals surface area contributed by atoms with E-state index in [4.69, 9.17) is 11.6 Å². The summed E-state index contributed by atoms with van der Waals surface area (Å²) in [7, 11) is 0. The van der Waals surface area contributed by atoms with Gasteiger partial charge in [0.1, 0.15) is 0 Å². The van der Waals surface area contributed by atoms with E-state index in [2.05, 4.69) is 0 Å². The summed E-state index contributed by atoms with van der Waals surface area (Å²) in [5.41, 5.74) is 2.45. The molecule has 1 aromatic carbocycles. The first-order valence-electron chi connectivity index (χ1n) is 5.77. The Kier molecular flexibility index (Phi) is 2.11. The van der Waals surface area contributed by atoms with Crippen molar-refractivity contribution in [2.75, 3.05) is 11.4 Å². The van der Waals surface area contributed by atoms with Crippen molar-refractivity contribution in [1.29, 1.82) is 0 Å². The van der Waals surface area contributed by atoms with Crippen LogP contribution in [0.3, 0.4) is 0 Å². The van der Waals surface area contributed by atoms with Crippen LogP contribution in [0.2, 0.25) is 0 Å². The Hall–Kier alpha value is -1.35. The highest BCUT2D eigenvalue weighted by Crippen LogP contribution is 2.42. The molecule has 1 aromatic rings. The average molecular weight is 250 g/mol. The second-order valence-electron chi connectivity index (χ2n) is 4.50. The van der Waals surface area contributed by atoms with Crippen molar-refractivity contribution >= 4 is 29.0 Å². The Morgan fingerprint density at radius 3 is 2.88 bits per heavy atom. The Bertz CT molecular complexity index is 540. The summed E-state index contributed by atoms with van der Waals surface area (Å²) in [6.45, 7) is 2.40. The second kappa shape index (κ2) is 3.33. The zero-order valence-electron chi connectivity index (χ0n) is 9.50. The minimum absolute atomic E-state index is 0.248. The number of carbonyl (C=O) groups excluding carboxylic acids is 2. The maximum absolute atomic E-state index is 12.3. The minimum Gasteiger partial charge on any atom is -0.309 e. The zero-order valence-corrected chi connectivity index (χ0v) is 10.3. The van der Waals surface area contributed by atoms with Gasteiger partial charge in [-0.1, -0.05) is 30.7 Å². The first-order chi connectivity index (χ1) is 8.09. The molecule has 4 heteroatoms. The summed E-state index contributed by atoms with van der Waals surface area (Å²) in [6, 6.07) is 5.59. The van der Waals surface area contributed by atoms with Gasteiger partial charge in [-0.25, -0.2) is 0 Å². The van der Waals surface area contributed by atoms with Crippen LogP contribution in [0.4, 0.5) is 5.69 Å². The van der Waals surface area contributed by atoms with Crippen LogP contribution >= 0.6 is 11.6 Å². The molecule has 0 N–H and O–H groups in total. The second-order valence-corrected chi connectivity index (χ2v) is 5.15. The fraction of sp³-hybridized carbons (Fsp3) is 0.385. The molecule has 0 spiro atoms. The highest BCUT2D eigenvalue weighted by molar-refractivity contribution is 6.52. The largest absolute Gasteiger partial charge is 0.309 e. The predicted octanol–water partition coefficient (Wildman–Crippen LogP) is 2.16. The molecule has 1 unspecified atom stereocenters. The maximum Gasteiger partial charge on any atom is 0.256 e. The molecule has 2 aliphatic heterocycles. The number of benzene rings is 1. The van der Waals surface area contributed by atoms with Gasteiger partial charge in [-0.05, 0) is 24.5 Å². The topological polar surface area (TPSA) is 37.4 Å². The third kappa shape index (κ3) is 1.18. The van der Waals surface area contributed by atoms with Crippen molar-refractivity contribution in [3.63, 3.8) is 0 Å². The average Bonchev–Trinajstić information content (AvgIpc) is 2.78. The van der Waals surface area contributed by atoms with Gasteiger partial charge in [-0.3, -0.25) is 9.59 Å². The monoisotopic (exact) mass is 249 g/mol. The van der Waals surface area contributed by atoms with E-state index in [1.807, 2.05) is 12.1 Å². The molecule has 0 saturated heterocycles. The molecular weight excluding hydrogens is 238 g/mol. The number of nitrogens with zero attached hydrogens (tertiary/aromatic N) is 1. The molecule has 3 nitrogen and oxygen atoms in total. The predicted molar refractivity (Wildman–Crippen MR) is 65.7 cm³/mol. The smallest absolute Gasteiger partial charge is 0.256 e. The fourth-order valence-electron chi connectivity index (χ4n) is 2.68. The molecular formula is C13H12ClNO2. The fourth-order valence-corrected chi connectivity index (χ4v) is 2.88. The molecule has 0 aromatic heterocycles. The summed E-state index contributed by atoms with van der Waals surface area (Å²) in [5, 5.41) is 0. The van der Waals surface area contributed by atoms with Crippen LogP contribution in [0.5, 0.6) is 0 Å². The lowest BCUT2D eigenvalue weighted by molar-refractivity contribution is -0.120. The van der Waals surface area contributed by atoms with Gasteiger partial charge in [0.05, 0.1) is 5.69 Å². The highest BCUT2D eigenvalue weighted by Gasteiger charge is 2.52. The van der Waals surface area contributed by atoms with E-state index in [9.17, 15) is 9.59 Å². The number of ketones is 1. The van der Waals surface area contributed by atoms with E-state index in [1.54, 1.807) is 17.9 Å². The van der Waals surface area contributed by atoms with E-state index >= 15 is 0 Å². The van der Waals surface area contributed by atoms with E-state index in [0.29, 0.717) is 18.5 Å². The van der Waals surface area contributed by atoms with Gasteiger partial charge in [-0.2, -0.15) is 0 Å². The number of hydrogen-bond donors (Lipinski definition) is 0. The van der Waals surface area contributed by atoms with Gasteiger partial charge >= 0.3 is 0 Å². The number of anilines is 1. The van der Waals surface area contributed by atoms with Crippen molar-refractivity contribution < 1.29 is 9.59 Å². The lowest BCUT2D eigenvalue weighted by Gasteiger charge is -2.34. The Labute approximate surface area is 104 Å². The molecule has 2 heterocycles. The lowest BCUT2D eigenvalue weighted by atomic mass is 9.87. The normalized spacial score (nSPS) is 26.4. The quantitative estimate of drug-likeness (QED) is 0.565. The number of rotatable bonds is 1. The SMILES string of the molecule is CCC1(Cl)C(=O)c2cccc3c2N(CC3)C1=O. The molecule has 0 radical (unpaired) electrons. The molecule has 0 bridgehead atoms. The van der Waals surface area contributed by atoms with E-state index in [0.717, 1.165) is 17.7 Å². The third-order valence-corrected chi connectivity index (χ3v) is 4.27. The Balaban J connectivity index is 2.28. The summed E-state index contributed by atoms with van der Waals surface area (Å²) in [5.74, 6) is -0.509. The van der Waals surface area contributed by atoms with Crippen LogP contribution in [-0.4, -0.2) is 23.1 Å². The van der Waals surface area contributed by atoms with E-state index in [-0.39, 0.29) is 11.7 Å². The van der Waals surface area contributed by atoms with Crippen molar-refractivity contribution in [2.45, 2.75) is 24.6 Å². The van der Waals surface area contributed by atoms with Crippen molar-refractivity contribution in [1.82, 2.24) is 0 Å². The number of alkyl halides is 1. The number of para-hydroxylation sites is 1. The molecule has 3 rings (SSSR count). The number of halogens is 1. The number of amides is 1. The Morgan fingerprint density at radius 1 is 1.41 bits per heavy atom. The molecule has 0 aliphatic carbocycles. The van der Waals surface area contributed by atoms with Gasteiger partial charge in [0.2, 0.25) is 0 Å². The Morgan fingerprint density at radius 2 is 2.18 bits per heavy atom. The van der Waals surface area contributed by atoms with Gasteiger partial charge < -0.3 is 4.90 Å². The molecule has 0 fully saturated rings. The van der Waals surface area contributed by atoms with Gasteiger partial charge in [0.15, 0.2) is 10.7 Å². The third-order valence-electron chi connectivity index (χ3n) is 3.67. The highest BCUT2D eigenvalue weighted by atomic mass is 35.5. The molecule has 88 valence electrons. The molecule has 2 aliphatic rings. The molecule has 0 saturated carbocycles. The summed E-state index contributed by atoms with van der Waals surface area (Å²) in [4.78, 5) is 24.9. The summed E-state index contributed by atoms with van der Waals surface area (Å²) >= 11 is 6.24. The summed E-state index contributed by atoms with van der Waals surface area (Å²) < 4.78 is 0. The van der Waals surface area contributed by atoms with Gasteiger partial charge in [-0.15, -0.1) is 0 Å². The van der Waals surface area contributed by atoms with Crippen molar-refractivity contribution in [3.05, 3.63) is 29.3 Å². The van der Waals surface area contributed by atoms with Crippen LogP contribution in [-0.2, 0) is 11.2 Å². The number of hydrogen-bond acceptors (Lipinski definition) is 2. The van der Waals surface area contributed by atoms with Gasteiger partial charge in [0, 0.05) is 12.1 Å². The first-order valence-corrected chi connectivity index (χ1v) is 6.15. The van der Waals surface area contributed by atoms with Crippen LogP contribution < -0.4 is 4.90 Å². The molecule has 1 atom stereocenters. The molecule has 1 amide bonds. The van der Waals surface area contributed by atoms with Crippen molar-refractivity contribution in [3.8, 4) is 0 Å². The first kappa shape index (κ1) is 10.8. The van der Waals surface area contributed by atoms with E-state index < -0.39 is 4.87 Å². The minimum atomic E-state index is -1.39. The van der Waals surface area contributed by atoms with E-state index in [1.165, 1.54) is 0 Å². The van der Waals surface area contributed by atoms with Crippen LogP contribution in [0.15, 0.2) is 18.2 Å². The number of Topliss-reactive ketones (excluding diaryl/α,β-unsaturated/α-hetero) is 1.